The van der Waals surface area contributed by atoms with Gasteiger partial charge in [-0.2, -0.15) is 0 Å². The van der Waals surface area contributed by atoms with Gasteiger partial charge in [-0.15, -0.1) is 0 Å². The molecule has 0 amide bonds. The summed E-state index contributed by atoms with van der Waals surface area (Å²) in [7, 11) is -4.13. The maximum atomic E-state index is 13.8. The normalized spacial score (nSPS) is 19.3. The lowest BCUT2D eigenvalue weighted by Crippen LogP contribution is -2.41. The van der Waals surface area contributed by atoms with Crippen LogP contribution in [0.15, 0.2) is 23.1 Å². The first-order valence-electron chi connectivity index (χ1n) is 7.69. The molecule has 2 rings (SSSR count). The lowest BCUT2D eigenvalue weighted by Gasteiger charge is -2.31. The van der Waals surface area contributed by atoms with E-state index in [0.29, 0.717) is 13.1 Å². The van der Waals surface area contributed by atoms with Crippen LogP contribution in [0.25, 0.3) is 0 Å². The second-order valence-corrected chi connectivity index (χ2v) is 7.57. The highest BCUT2D eigenvalue weighted by Crippen LogP contribution is 2.17. The molecule has 1 heterocycles. The molecule has 1 aliphatic heterocycles. The lowest BCUT2D eigenvalue weighted by atomic mass is 9.99. The van der Waals surface area contributed by atoms with E-state index in [-0.39, 0.29) is 24.6 Å². The molecule has 1 fully saturated rings. The number of nitrogens with one attached hydrogen (secondary N) is 1. The number of aliphatic hydroxyl groups is 1. The average molecular weight is 360 g/mol. The number of hydrogen-bond acceptors (Lipinski definition) is 5. The summed E-state index contributed by atoms with van der Waals surface area (Å²) < 4.78 is 40.4. The van der Waals surface area contributed by atoms with Gasteiger partial charge in [-0.05, 0) is 43.5 Å². The zero-order valence-corrected chi connectivity index (χ0v) is 13.9. The fourth-order valence-electron chi connectivity index (χ4n) is 2.76. The van der Waals surface area contributed by atoms with Gasteiger partial charge in [0.2, 0.25) is 10.0 Å². The molecule has 1 aromatic rings. The zero-order valence-electron chi connectivity index (χ0n) is 13.1. The van der Waals surface area contributed by atoms with Crippen LogP contribution < -0.4 is 4.72 Å². The van der Waals surface area contributed by atoms with Gasteiger partial charge < -0.3 is 15.1 Å². The van der Waals surface area contributed by atoms with Gasteiger partial charge in [-0.3, -0.25) is 0 Å². The summed E-state index contributed by atoms with van der Waals surface area (Å²) in [5.41, 5.74) is -0.293. The molecule has 0 aromatic heterocycles. The number of benzene rings is 1. The van der Waals surface area contributed by atoms with Gasteiger partial charge in [0, 0.05) is 26.2 Å². The van der Waals surface area contributed by atoms with Crippen LogP contribution >= 0.6 is 0 Å². The number of aliphatic hydroxyl groups excluding tert-OH is 1. The third kappa shape index (κ3) is 4.73. The molecule has 0 saturated carbocycles. The van der Waals surface area contributed by atoms with E-state index in [9.17, 15) is 22.7 Å². The number of rotatable bonds is 7. The number of hydrogen-bond donors (Lipinski definition) is 3. The third-order valence-electron chi connectivity index (χ3n) is 4.05. The Morgan fingerprint density at radius 1 is 1.42 bits per heavy atom. The summed E-state index contributed by atoms with van der Waals surface area (Å²) in [6.07, 6.45) is 1.89. The van der Waals surface area contributed by atoms with Crippen molar-refractivity contribution in [1.29, 1.82) is 0 Å². The molecular formula is C15H21FN2O5S. The highest BCUT2D eigenvalue weighted by Gasteiger charge is 2.22. The van der Waals surface area contributed by atoms with Crippen LogP contribution in [-0.2, 0) is 10.0 Å². The average Bonchev–Trinajstić information content (AvgIpc) is 2.55. The van der Waals surface area contributed by atoms with Crippen molar-refractivity contribution in [2.24, 2.45) is 5.92 Å². The van der Waals surface area contributed by atoms with E-state index in [2.05, 4.69) is 4.72 Å². The van der Waals surface area contributed by atoms with E-state index >= 15 is 0 Å². The van der Waals surface area contributed by atoms with Crippen molar-refractivity contribution in [2.45, 2.75) is 17.7 Å². The van der Waals surface area contributed by atoms with E-state index in [4.69, 9.17) is 5.11 Å². The smallest absolute Gasteiger partial charge is 0.335 e. The predicted octanol–water partition coefficient (Wildman–Crippen LogP) is 0.506. The van der Waals surface area contributed by atoms with Crippen molar-refractivity contribution < 1.29 is 27.8 Å². The van der Waals surface area contributed by atoms with E-state index < -0.39 is 26.7 Å². The number of nitrogens with zero attached hydrogens (tertiary/aromatic N) is 1. The first-order chi connectivity index (χ1) is 11.3. The molecule has 134 valence electrons. The first kappa shape index (κ1) is 18.8. The van der Waals surface area contributed by atoms with E-state index in [1.807, 2.05) is 4.90 Å². The van der Waals surface area contributed by atoms with Gasteiger partial charge in [-0.25, -0.2) is 22.3 Å². The Kier molecular flexibility index (Phi) is 6.27. The van der Waals surface area contributed by atoms with E-state index in [0.717, 1.165) is 37.6 Å². The number of carboxylic acid groups (broad SMARTS) is 1. The van der Waals surface area contributed by atoms with Crippen LogP contribution in [0.1, 0.15) is 23.2 Å². The van der Waals surface area contributed by atoms with Crippen molar-refractivity contribution >= 4 is 16.0 Å². The number of halogens is 1. The molecule has 3 N–H and O–H groups in total. The molecule has 1 saturated heterocycles. The number of carboxylic acids is 1. The molecule has 0 radical (unpaired) electrons. The predicted molar refractivity (Wildman–Crippen MR) is 84.8 cm³/mol. The molecule has 0 bridgehead atoms. The minimum Gasteiger partial charge on any atom is -0.478 e. The highest BCUT2D eigenvalue weighted by molar-refractivity contribution is 7.89. The SMILES string of the molecule is O=C(O)c1ccc(F)c(S(=O)(=O)NCCN2CCCC(CO)C2)c1. The van der Waals surface area contributed by atoms with Gasteiger partial charge in [-0.1, -0.05) is 0 Å². The van der Waals surface area contributed by atoms with Crippen molar-refractivity contribution in [3.63, 3.8) is 0 Å². The molecule has 1 aliphatic rings. The Morgan fingerprint density at radius 3 is 2.83 bits per heavy atom. The van der Waals surface area contributed by atoms with Gasteiger partial charge in [0.15, 0.2) is 0 Å². The minimum atomic E-state index is -4.13. The largest absolute Gasteiger partial charge is 0.478 e. The fourth-order valence-corrected chi connectivity index (χ4v) is 3.88. The van der Waals surface area contributed by atoms with Gasteiger partial charge in [0.25, 0.3) is 0 Å². The first-order valence-corrected chi connectivity index (χ1v) is 9.17. The minimum absolute atomic E-state index is 0.0806. The van der Waals surface area contributed by atoms with E-state index in [1.54, 1.807) is 0 Å². The quantitative estimate of drug-likeness (QED) is 0.654. The number of carbonyl (C=O) groups is 1. The van der Waals surface area contributed by atoms with E-state index in [1.165, 1.54) is 0 Å². The van der Waals surface area contributed by atoms with Crippen LogP contribution in [-0.4, -0.2) is 62.3 Å². The monoisotopic (exact) mass is 360 g/mol. The Bertz CT molecular complexity index is 695. The standard InChI is InChI=1S/C15H21FN2O5S/c16-13-4-3-12(15(20)21)8-14(13)24(22,23)17-5-7-18-6-1-2-11(9-18)10-19/h3-4,8,11,17,19H,1-2,5-7,9-10H2,(H,20,21). The second-order valence-electron chi connectivity index (χ2n) is 5.84. The van der Waals surface area contributed by atoms with Crippen molar-refractivity contribution in [2.75, 3.05) is 32.8 Å². The molecular weight excluding hydrogens is 339 g/mol. The van der Waals surface area contributed by atoms with Crippen LogP contribution in [0.4, 0.5) is 4.39 Å². The van der Waals surface area contributed by atoms with Crippen LogP contribution in [0.3, 0.4) is 0 Å². The molecule has 0 spiro atoms. The summed E-state index contributed by atoms with van der Waals surface area (Å²) in [6.45, 7) is 2.14. The number of aromatic carboxylic acids is 1. The van der Waals surface area contributed by atoms with Crippen molar-refractivity contribution in [3.8, 4) is 0 Å². The lowest BCUT2D eigenvalue weighted by molar-refractivity contribution is 0.0696. The molecule has 0 aliphatic carbocycles. The van der Waals surface area contributed by atoms with Crippen LogP contribution in [0.5, 0.6) is 0 Å². The summed E-state index contributed by atoms with van der Waals surface area (Å²) in [4.78, 5) is 12.3. The third-order valence-corrected chi connectivity index (χ3v) is 5.53. The summed E-state index contributed by atoms with van der Waals surface area (Å²) >= 11 is 0. The molecule has 1 atom stereocenters. The van der Waals surface area contributed by atoms with Gasteiger partial charge >= 0.3 is 5.97 Å². The fraction of sp³-hybridized carbons (Fsp3) is 0.533. The Labute approximate surface area is 140 Å². The number of likely N-dealkylation sites (tertiary alicyclic amines) is 1. The highest BCUT2D eigenvalue weighted by atomic mass is 32.2. The summed E-state index contributed by atoms with van der Waals surface area (Å²) in [5.74, 6) is -2.12. The van der Waals surface area contributed by atoms with Crippen LogP contribution in [0.2, 0.25) is 0 Å². The van der Waals surface area contributed by atoms with Crippen LogP contribution in [0, 0.1) is 11.7 Å². The molecule has 7 nitrogen and oxygen atoms in total. The maximum absolute atomic E-state index is 13.8. The zero-order chi connectivity index (χ0) is 17.7. The Balaban J connectivity index is 1.99. The molecule has 24 heavy (non-hydrogen) atoms. The summed E-state index contributed by atoms with van der Waals surface area (Å²) in [6, 6.07) is 2.65. The molecule has 9 heteroatoms. The van der Waals surface area contributed by atoms with Crippen molar-refractivity contribution in [3.05, 3.63) is 29.6 Å². The molecule has 1 unspecified atom stereocenters. The van der Waals surface area contributed by atoms with Gasteiger partial charge in [0.05, 0.1) is 5.56 Å². The Hall–Kier alpha value is -1.55. The topological polar surface area (TPSA) is 107 Å². The maximum Gasteiger partial charge on any atom is 0.335 e. The number of piperidine rings is 1. The second kappa shape index (κ2) is 8.02. The Morgan fingerprint density at radius 2 is 2.17 bits per heavy atom. The summed E-state index contributed by atoms with van der Waals surface area (Å²) in [5, 5.41) is 18.1. The number of sulfonamides is 1. The molecule has 1 aromatic carbocycles. The van der Waals surface area contributed by atoms with Gasteiger partial charge in [0.1, 0.15) is 10.7 Å². The van der Waals surface area contributed by atoms with Crippen molar-refractivity contribution in [1.82, 2.24) is 9.62 Å².